The first kappa shape index (κ1) is 16.8. The fraction of sp³-hybridized carbons (Fsp3) is 0.533. The first-order valence-electron chi connectivity index (χ1n) is 6.85. The van der Waals surface area contributed by atoms with E-state index in [-0.39, 0.29) is 5.91 Å². The van der Waals surface area contributed by atoms with Crippen molar-refractivity contribution in [2.75, 3.05) is 32.1 Å². The molecule has 2 N–H and O–H groups in total. The van der Waals surface area contributed by atoms with Crippen LogP contribution in [0.5, 0.6) is 0 Å². The summed E-state index contributed by atoms with van der Waals surface area (Å²) in [5.74, 6) is 0.586. The van der Waals surface area contributed by atoms with Crippen LogP contribution in [0.15, 0.2) is 18.2 Å². The van der Waals surface area contributed by atoms with Gasteiger partial charge in [0.05, 0.1) is 6.54 Å². The van der Waals surface area contributed by atoms with Gasteiger partial charge in [0.25, 0.3) is 0 Å². The largest absolute Gasteiger partial charge is 0.365 e. The van der Waals surface area contributed by atoms with Crippen molar-refractivity contribution in [3.8, 4) is 0 Å². The first-order valence-corrected chi connectivity index (χ1v) is 7.22. The molecule has 0 saturated carbocycles. The van der Waals surface area contributed by atoms with E-state index in [0.717, 1.165) is 24.3 Å². The van der Waals surface area contributed by atoms with E-state index in [1.165, 1.54) is 0 Å². The number of hydrogen-bond donors (Lipinski definition) is 2. The summed E-state index contributed by atoms with van der Waals surface area (Å²) in [5, 5.41) is 6.72. The molecule has 0 fully saturated rings. The van der Waals surface area contributed by atoms with Gasteiger partial charge in [-0.2, -0.15) is 0 Å². The molecule has 1 amide bonds. The highest BCUT2D eigenvalue weighted by Crippen LogP contribution is 2.24. The van der Waals surface area contributed by atoms with E-state index in [4.69, 9.17) is 11.6 Å². The third kappa shape index (κ3) is 5.39. The lowest BCUT2D eigenvalue weighted by molar-refractivity contribution is -0.119. The standard InChI is InChI=1S/C15H24ClN3O/c1-11(2)8-18-9-12-5-6-13(16)7-14(12)19(4)10-15(20)17-3/h5-7,11,18H,8-10H2,1-4H3,(H,17,20). The molecule has 0 atom stereocenters. The van der Waals surface area contributed by atoms with E-state index in [0.29, 0.717) is 17.5 Å². The van der Waals surface area contributed by atoms with E-state index < -0.39 is 0 Å². The molecule has 0 aromatic heterocycles. The van der Waals surface area contributed by atoms with Gasteiger partial charge < -0.3 is 15.5 Å². The molecule has 0 radical (unpaired) electrons. The Morgan fingerprint density at radius 3 is 2.70 bits per heavy atom. The van der Waals surface area contributed by atoms with Crippen LogP contribution in [-0.2, 0) is 11.3 Å². The van der Waals surface area contributed by atoms with Crippen LogP contribution < -0.4 is 15.5 Å². The van der Waals surface area contributed by atoms with E-state index in [1.807, 2.05) is 30.1 Å². The van der Waals surface area contributed by atoms with Gasteiger partial charge >= 0.3 is 0 Å². The summed E-state index contributed by atoms with van der Waals surface area (Å²) in [6, 6.07) is 5.79. The number of rotatable bonds is 7. The van der Waals surface area contributed by atoms with Gasteiger partial charge in [-0.1, -0.05) is 31.5 Å². The van der Waals surface area contributed by atoms with Crippen LogP contribution in [-0.4, -0.2) is 33.1 Å². The third-order valence-electron chi connectivity index (χ3n) is 2.99. The Bertz CT molecular complexity index is 449. The predicted octanol–water partition coefficient (Wildman–Crippen LogP) is 2.27. The molecule has 4 nitrogen and oxygen atoms in total. The zero-order valence-corrected chi connectivity index (χ0v) is 13.4. The average molecular weight is 298 g/mol. The van der Waals surface area contributed by atoms with Gasteiger partial charge in [-0.3, -0.25) is 4.79 Å². The number of carbonyl (C=O) groups excluding carboxylic acids is 1. The van der Waals surface area contributed by atoms with Crippen LogP contribution >= 0.6 is 11.6 Å². The zero-order valence-electron chi connectivity index (χ0n) is 12.7. The van der Waals surface area contributed by atoms with Crippen LogP contribution in [0.25, 0.3) is 0 Å². The molecular formula is C15H24ClN3O. The minimum Gasteiger partial charge on any atom is -0.365 e. The number of nitrogens with one attached hydrogen (secondary N) is 2. The predicted molar refractivity (Wildman–Crippen MR) is 85.3 cm³/mol. The van der Waals surface area contributed by atoms with Crippen LogP contribution in [0.4, 0.5) is 5.69 Å². The second-order valence-corrected chi connectivity index (χ2v) is 5.76. The maximum Gasteiger partial charge on any atom is 0.239 e. The van der Waals surface area contributed by atoms with Crippen molar-refractivity contribution >= 4 is 23.2 Å². The van der Waals surface area contributed by atoms with Crippen molar-refractivity contribution in [2.24, 2.45) is 5.92 Å². The summed E-state index contributed by atoms with van der Waals surface area (Å²) in [6.45, 7) is 6.39. The number of likely N-dealkylation sites (N-methyl/N-ethyl adjacent to an activating group) is 2. The Kier molecular flexibility index (Phi) is 6.82. The fourth-order valence-corrected chi connectivity index (χ4v) is 2.08. The SMILES string of the molecule is CNC(=O)CN(C)c1cc(Cl)ccc1CNCC(C)C. The quantitative estimate of drug-likeness (QED) is 0.811. The molecule has 0 spiro atoms. The molecular weight excluding hydrogens is 274 g/mol. The topological polar surface area (TPSA) is 44.4 Å². The Hall–Kier alpha value is -1.26. The molecule has 20 heavy (non-hydrogen) atoms. The van der Waals surface area contributed by atoms with Gasteiger partial charge in [-0.05, 0) is 30.2 Å². The van der Waals surface area contributed by atoms with Gasteiger partial charge in [0.2, 0.25) is 5.91 Å². The molecule has 0 aliphatic heterocycles. The van der Waals surface area contributed by atoms with E-state index in [9.17, 15) is 4.79 Å². The molecule has 1 rings (SSSR count). The number of carbonyl (C=O) groups is 1. The summed E-state index contributed by atoms with van der Waals surface area (Å²) in [4.78, 5) is 13.4. The van der Waals surface area contributed by atoms with Crippen molar-refractivity contribution in [1.29, 1.82) is 0 Å². The Labute approximate surface area is 126 Å². The minimum absolute atomic E-state index is 0.0198. The summed E-state index contributed by atoms with van der Waals surface area (Å²) in [5.41, 5.74) is 2.12. The highest BCUT2D eigenvalue weighted by molar-refractivity contribution is 6.30. The van der Waals surface area contributed by atoms with Gasteiger partial charge in [0.1, 0.15) is 0 Å². The highest BCUT2D eigenvalue weighted by atomic mass is 35.5. The molecule has 0 aliphatic carbocycles. The molecule has 0 unspecified atom stereocenters. The summed E-state index contributed by atoms with van der Waals surface area (Å²) < 4.78 is 0. The summed E-state index contributed by atoms with van der Waals surface area (Å²) in [6.07, 6.45) is 0. The number of nitrogens with zero attached hydrogens (tertiary/aromatic N) is 1. The Morgan fingerprint density at radius 2 is 2.10 bits per heavy atom. The average Bonchev–Trinajstić information content (AvgIpc) is 2.39. The van der Waals surface area contributed by atoms with Crippen molar-refractivity contribution < 1.29 is 4.79 Å². The maximum absolute atomic E-state index is 11.5. The molecule has 1 aromatic rings. The lowest BCUT2D eigenvalue weighted by Gasteiger charge is -2.22. The number of benzene rings is 1. The van der Waals surface area contributed by atoms with Crippen LogP contribution in [0.3, 0.4) is 0 Å². The van der Waals surface area contributed by atoms with E-state index >= 15 is 0 Å². The maximum atomic E-state index is 11.5. The molecule has 0 aliphatic rings. The van der Waals surface area contributed by atoms with Crippen molar-refractivity contribution in [3.05, 3.63) is 28.8 Å². The summed E-state index contributed by atoms with van der Waals surface area (Å²) in [7, 11) is 3.53. The van der Waals surface area contributed by atoms with Crippen molar-refractivity contribution in [1.82, 2.24) is 10.6 Å². The van der Waals surface area contributed by atoms with Crippen molar-refractivity contribution in [3.63, 3.8) is 0 Å². The van der Waals surface area contributed by atoms with E-state index in [2.05, 4.69) is 24.5 Å². The van der Waals surface area contributed by atoms with Crippen LogP contribution in [0, 0.1) is 5.92 Å². The zero-order chi connectivity index (χ0) is 15.1. The van der Waals surface area contributed by atoms with Gasteiger partial charge in [0.15, 0.2) is 0 Å². The van der Waals surface area contributed by atoms with Crippen molar-refractivity contribution in [2.45, 2.75) is 20.4 Å². The Morgan fingerprint density at radius 1 is 1.40 bits per heavy atom. The number of halogens is 1. The monoisotopic (exact) mass is 297 g/mol. The second kappa shape index (κ2) is 8.12. The third-order valence-corrected chi connectivity index (χ3v) is 3.22. The number of hydrogen-bond acceptors (Lipinski definition) is 3. The van der Waals surface area contributed by atoms with Crippen LogP contribution in [0.1, 0.15) is 19.4 Å². The molecule has 0 saturated heterocycles. The number of anilines is 1. The fourth-order valence-electron chi connectivity index (χ4n) is 1.92. The molecule has 112 valence electrons. The normalized spacial score (nSPS) is 10.7. The smallest absolute Gasteiger partial charge is 0.239 e. The van der Waals surface area contributed by atoms with Gasteiger partial charge in [0, 0.05) is 31.4 Å². The minimum atomic E-state index is -0.0198. The number of amides is 1. The van der Waals surface area contributed by atoms with Crippen LogP contribution in [0.2, 0.25) is 5.02 Å². The molecule has 0 bridgehead atoms. The highest BCUT2D eigenvalue weighted by Gasteiger charge is 2.11. The summed E-state index contributed by atoms with van der Waals surface area (Å²) >= 11 is 6.07. The van der Waals surface area contributed by atoms with Gasteiger partial charge in [-0.15, -0.1) is 0 Å². The molecule has 1 aromatic carbocycles. The molecule has 5 heteroatoms. The Balaban J connectivity index is 2.81. The van der Waals surface area contributed by atoms with Gasteiger partial charge in [-0.25, -0.2) is 0 Å². The lowest BCUT2D eigenvalue weighted by atomic mass is 10.1. The lowest BCUT2D eigenvalue weighted by Crippen LogP contribution is -2.33. The second-order valence-electron chi connectivity index (χ2n) is 5.33. The van der Waals surface area contributed by atoms with E-state index in [1.54, 1.807) is 7.05 Å². The molecule has 0 heterocycles. The first-order chi connectivity index (χ1) is 9.43.